The van der Waals surface area contributed by atoms with Gasteiger partial charge in [0.25, 0.3) is 0 Å². The third-order valence-corrected chi connectivity index (χ3v) is 2.24. The van der Waals surface area contributed by atoms with Gasteiger partial charge in [0, 0.05) is 11.8 Å². The Balaban J connectivity index is 2.36. The van der Waals surface area contributed by atoms with Crippen LogP contribution in [0, 0.1) is 5.82 Å². The Morgan fingerprint density at radius 1 is 1.10 bits per heavy atom. The molecule has 1 heterocycles. The minimum atomic E-state index is -4.65. The number of nitrogens with one attached hydrogen (secondary N) is 2. The fraction of sp³-hybridized carbons (Fsp3) is 0.0909. The van der Waals surface area contributed by atoms with Gasteiger partial charge >= 0.3 is 6.18 Å². The van der Waals surface area contributed by atoms with E-state index in [0.717, 1.165) is 6.07 Å². The summed E-state index contributed by atoms with van der Waals surface area (Å²) in [6.07, 6.45) is -4.65. The molecule has 0 fully saturated rings. The molecule has 0 saturated carbocycles. The van der Waals surface area contributed by atoms with E-state index in [2.05, 4.69) is 15.3 Å². The van der Waals surface area contributed by atoms with E-state index in [1.54, 1.807) is 0 Å². The van der Waals surface area contributed by atoms with Gasteiger partial charge < -0.3 is 5.32 Å². The lowest BCUT2D eigenvalue weighted by Crippen LogP contribution is -2.16. The van der Waals surface area contributed by atoms with Gasteiger partial charge in [-0.1, -0.05) is 6.07 Å². The molecular formula is C11H9F4N5. The van der Waals surface area contributed by atoms with Crippen molar-refractivity contribution in [2.24, 2.45) is 5.84 Å². The highest BCUT2D eigenvalue weighted by atomic mass is 19.4. The summed E-state index contributed by atoms with van der Waals surface area (Å²) in [5.41, 5.74) is 1.02. The molecule has 4 N–H and O–H groups in total. The number of alkyl halides is 3. The van der Waals surface area contributed by atoms with Crippen molar-refractivity contribution < 1.29 is 17.6 Å². The number of rotatable bonds is 3. The minimum Gasteiger partial charge on any atom is -0.340 e. The monoisotopic (exact) mass is 287 g/mol. The van der Waals surface area contributed by atoms with Crippen LogP contribution in [0.5, 0.6) is 0 Å². The first kappa shape index (κ1) is 14.0. The van der Waals surface area contributed by atoms with E-state index in [9.17, 15) is 17.6 Å². The van der Waals surface area contributed by atoms with E-state index < -0.39 is 23.6 Å². The van der Waals surface area contributed by atoms with E-state index in [1.807, 2.05) is 5.43 Å². The predicted octanol–water partition coefficient (Wildman–Crippen LogP) is 2.66. The number of nitrogens with zero attached hydrogens (tertiary/aromatic N) is 2. The summed E-state index contributed by atoms with van der Waals surface area (Å²) >= 11 is 0. The largest absolute Gasteiger partial charge is 0.433 e. The van der Waals surface area contributed by atoms with Crippen molar-refractivity contribution in [3.63, 3.8) is 0 Å². The average molecular weight is 287 g/mol. The molecule has 0 saturated heterocycles. The standard InChI is InChI=1S/C11H9F4N5/c12-6-2-1-3-7(4-6)17-9-5-8(11(13,14)15)18-10(19-9)20-16/h1-5H,16H2,(H2,17,18,19,20). The van der Waals surface area contributed by atoms with E-state index in [4.69, 9.17) is 5.84 Å². The van der Waals surface area contributed by atoms with Crippen LogP contribution in [0.25, 0.3) is 0 Å². The molecule has 9 heteroatoms. The summed E-state index contributed by atoms with van der Waals surface area (Å²) in [5.74, 6) is 3.92. The quantitative estimate of drug-likeness (QED) is 0.459. The number of hydrogen-bond donors (Lipinski definition) is 3. The van der Waals surface area contributed by atoms with Crippen molar-refractivity contribution in [1.29, 1.82) is 0 Å². The van der Waals surface area contributed by atoms with Crippen molar-refractivity contribution in [2.45, 2.75) is 6.18 Å². The topological polar surface area (TPSA) is 75.9 Å². The van der Waals surface area contributed by atoms with Crippen molar-refractivity contribution >= 4 is 17.5 Å². The number of hydrazine groups is 1. The Morgan fingerprint density at radius 2 is 1.85 bits per heavy atom. The SMILES string of the molecule is NNc1nc(Nc2cccc(F)c2)cc(C(F)(F)F)n1. The van der Waals surface area contributed by atoms with E-state index >= 15 is 0 Å². The van der Waals surface area contributed by atoms with Crippen LogP contribution < -0.4 is 16.6 Å². The summed E-state index contributed by atoms with van der Waals surface area (Å²) < 4.78 is 50.9. The second-order valence-electron chi connectivity index (χ2n) is 3.74. The van der Waals surface area contributed by atoms with Gasteiger partial charge in [0.2, 0.25) is 5.95 Å². The maximum atomic E-state index is 13.0. The molecule has 106 valence electrons. The number of hydrogen-bond acceptors (Lipinski definition) is 5. The summed E-state index contributed by atoms with van der Waals surface area (Å²) in [5, 5.41) is 2.55. The molecule has 0 aliphatic heterocycles. The van der Waals surface area contributed by atoms with Crippen LogP contribution in [0.1, 0.15) is 5.69 Å². The smallest absolute Gasteiger partial charge is 0.340 e. The Morgan fingerprint density at radius 3 is 2.45 bits per heavy atom. The maximum absolute atomic E-state index is 13.0. The zero-order valence-corrected chi connectivity index (χ0v) is 9.87. The molecule has 0 spiro atoms. The van der Waals surface area contributed by atoms with Crippen LogP contribution in [0.15, 0.2) is 30.3 Å². The minimum absolute atomic E-state index is 0.161. The van der Waals surface area contributed by atoms with Gasteiger partial charge in [0.15, 0.2) is 5.69 Å². The molecule has 0 aliphatic rings. The first-order valence-corrected chi connectivity index (χ1v) is 5.34. The second-order valence-corrected chi connectivity index (χ2v) is 3.74. The van der Waals surface area contributed by atoms with Gasteiger partial charge in [-0.25, -0.2) is 15.2 Å². The van der Waals surface area contributed by atoms with Crippen LogP contribution in [0.2, 0.25) is 0 Å². The molecule has 5 nitrogen and oxygen atoms in total. The number of benzene rings is 1. The number of nitrogens with two attached hydrogens (primary N) is 1. The lowest BCUT2D eigenvalue weighted by atomic mass is 10.3. The molecule has 20 heavy (non-hydrogen) atoms. The van der Waals surface area contributed by atoms with E-state index in [1.165, 1.54) is 18.2 Å². The van der Waals surface area contributed by atoms with Crippen LogP contribution in [0.4, 0.5) is 35.0 Å². The van der Waals surface area contributed by atoms with Crippen molar-refractivity contribution in [3.05, 3.63) is 41.8 Å². The van der Waals surface area contributed by atoms with Gasteiger partial charge in [-0.3, -0.25) is 5.43 Å². The molecule has 0 radical (unpaired) electrons. The van der Waals surface area contributed by atoms with Gasteiger partial charge in [0.1, 0.15) is 11.6 Å². The van der Waals surface area contributed by atoms with Crippen LogP contribution in [-0.2, 0) is 6.18 Å². The zero-order valence-electron chi connectivity index (χ0n) is 9.87. The van der Waals surface area contributed by atoms with Crippen molar-refractivity contribution in [1.82, 2.24) is 9.97 Å². The Bertz CT molecular complexity index is 614. The molecule has 0 unspecified atom stereocenters. The third-order valence-electron chi connectivity index (χ3n) is 2.24. The molecule has 0 aliphatic carbocycles. The molecule has 1 aromatic heterocycles. The number of nitrogen functional groups attached to an aromatic ring is 1. The molecular weight excluding hydrogens is 278 g/mol. The lowest BCUT2D eigenvalue weighted by molar-refractivity contribution is -0.141. The summed E-state index contributed by atoms with van der Waals surface area (Å²) in [7, 11) is 0. The predicted molar refractivity (Wildman–Crippen MR) is 64.5 cm³/mol. The summed E-state index contributed by atoms with van der Waals surface area (Å²) in [4.78, 5) is 6.91. The van der Waals surface area contributed by atoms with Gasteiger partial charge in [-0.05, 0) is 18.2 Å². The zero-order chi connectivity index (χ0) is 14.8. The summed E-state index contributed by atoms with van der Waals surface area (Å²) in [6, 6.07) is 5.91. The maximum Gasteiger partial charge on any atom is 0.433 e. The fourth-order valence-corrected chi connectivity index (χ4v) is 1.44. The van der Waals surface area contributed by atoms with E-state index in [-0.39, 0.29) is 11.5 Å². The molecule has 2 aromatic rings. The van der Waals surface area contributed by atoms with Crippen LogP contribution in [0.3, 0.4) is 0 Å². The highest BCUT2D eigenvalue weighted by Gasteiger charge is 2.33. The molecule has 0 atom stereocenters. The fourth-order valence-electron chi connectivity index (χ4n) is 1.44. The van der Waals surface area contributed by atoms with Crippen LogP contribution in [-0.4, -0.2) is 9.97 Å². The first-order chi connectivity index (χ1) is 9.38. The van der Waals surface area contributed by atoms with Gasteiger partial charge in [-0.15, -0.1) is 0 Å². The van der Waals surface area contributed by atoms with Crippen molar-refractivity contribution in [2.75, 3.05) is 10.7 Å². The first-order valence-electron chi connectivity index (χ1n) is 5.34. The highest BCUT2D eigenvalue weighted by molar-refractivity contribution is 5.57. The third kappa shape index (κ3) is 3.32. The molecule has 2 rings (SSSR count). The summed E-state index contributed by atoms with van der Waals surface area (Å²) in [6.45, 7) is 0. The van der Waals surface area contributed by atoms with Crippen molar-refractivity contribution in [3.8, 4) is 0 Å². The van der Waals surface area contributed by atoms with Gasteiger partial charge in [-0.2, -0.15) is 18.2 Å². The van der Waals surface area contributed by atoms with E-state index in [0.29, 0.717) is 6.07 Å². The number of halogens is 4. The molecule has 1 aromatic carbocycles. The highest BCUT2D eigenvalue weighted by Crippen LogP contribution is 2.30. The second kappa shape index (κ2) is 5.29. The number of anilines is 3. The normalized spacial score (nSPS) is 11.2. The Kier molecular flexibility index (Phi) is 3.70. The number of aromatic nitrogens is 2. The van der Waals surface area contributed by atoms with Crippen LogP contribution >= 0.6 is 0 Å². The Labute approximate surface area is 110 Å². The Hall–Kier alpha value is -2.42. The molecule has 0 bridgehead atoms. The average Bonchev–Trinajstić information content (AvgIpc) is 2.37. The van der Waals surface area contributed by atoms with Gasteiger partial charge in [0.05, 0.1) is 0 Å². The lowest BCUT2D eigenvalue weighted by Gasteiger charge is -2.11. The molecule has 0 amide bonds.